The molecule has 156 valence electrons. The van der Waals surface area contributed by atoms with Crippen molar-refractivity contribution in [2.24, 2.45) is 5.92 Å². The number of nitrogens with zero attached hydrogens (tertiary/aromatic N) is 3. The lowest BCUT2D eigenvalue weighted by Crippen LogP contribution is -2.34. The average Bonchev–Trinajstić information content (AvgIpc) is 3.34. The van der Waals surface area contributed by atoms with Gasteiger partial charge < -0.3 is 9.29 Å². The van der Waals surface area contributed by atoms with Gasteiger partial charge in [0.1, 0.15) is 11.5 Å². The first-order valence-electron chi connectivity index (χ1n) is 9.97. The normalized spacial score (nSPS) is 18.1. The molecule has 0 bridgehead atoms. The molecule has 1 saturated heterocycles. The predicted octanol–water partition coefficient (Wildman–Crippen LogP) is 3.65. The Kier molecular flexibility index (Phi) is 6.34. The molecule has 1 aliphatic rings. The van der Waals surface area contributed by atoms with Crippen LogP contribution in [0.25, 0.3) is 10.9 Å². The number of aryl methyl sites for hydroxylation is 1. The minimum absolute atomic E-state index is 0.0905. The molecule has 29 heavy (non-hydrogen) atoms. The van der Waals surface area contributed by atoms with E-state index >= 15 is 0 Å². The number of hydrogen-bond donors (Lipinski definition) is 0. The van der Waals surface area contributed by atoms with Crippen LogP contribution in [0.5, 0.6) is 5.75 Å². The van der Waals surface area contributed by atoms with E-state index < -0.39 is 10.2 Å². The van der Waals surface area contributed by atoms with E-state index in [1.807, 2.05) is 29.5 Å². The van der Waals surface area contributed by atoms with Crippen LogP contribution in [0.3, 0.4) is 0 Å². The molecule has 1 atom stereocenters. The standard InChI is InChI=1S/C21H27N3O3S2/c1-29(25,26)12-10-24-21-5-4-19(13-18(21)14-22-24)27-16-17-6-8-23(9-7-17)15-20-3-2-11-28-20/h2-5,11,13-14,17H,6-10,12,15-16H2,1H3. The first-order chi connectivity index (χ1) is 14.0. The lowest BCUT2D eigenvalue weighted by atomic mass is 9.98. The molecule has 0 saturated carbocycles. The monoisotopic (exact) mass is 433 g/mol. The Morgan fingerprint density at radius 1 is 1.31 bits per heavy atom. The highest BCUT2D eigenvalue weighted by molar-refractivity contribution is 7.96. The molecule has 1 aliphatic heterocycles. The van der Waals surface area contributed by atoms with Gasteiger partial charge >= 0.3 is 0 Å². The SMILES string of the molecule is C[S+](=O)([O-])CCn1ncc2cc(OCC3CCN(Cc4cccs4)CC3)ccc21. The summed E-state index contributed by atoms with van der Waals surface area (Å²) in [5.74, 6) is 1.52. The molecule has 1 unspecified atom stereocenters. The average molecular weight is 434 g/mol. The topological polar surface area (TPSA) is 70.4 Å². The van der Waals surface area contributed by atoms with Gasteiger partial charge in [-0.2, -0.15) is 5.10 Å². The second-order valence-corrected chi connectivity index (χ2v) is 11.1. The molecule has 0 amide bonds. The van der Waals surface area contributed by atoms with Crippen molar-refractivity contribution in [2.45, 2.75) is 25.9 Å². The number of thiophene rings is 1. The zero-order valence-electron chi connectivity index (χ0n) is 16.7. The lowest BCUT2D eigenvalue weighted by Gasteiger charge is -2.31. The molecule has 6 nitrogen and oxygen atoms in total. The number of piperidine rings is 1. The first-order valence-corrected chi connectivity index (χ1v) is 12.9. The van der Waals surface area contributed by atoms with E-state index in [4.69, 9.17) is 4.74 Å². The van der Waals surface area contributed by atoms with Crippen molar-refractivity contribution in [3.05, 3.63) is 46.8 Å². The van der Waals surface area contributed by atoms with E-state index in [0.717, 1.165) is 55.7 Å². The highest BCUT2D eigenvalue weighted by atomic mass is 32.3. The second kappa shape index (κ2) is 8.95. The predicted molar refractivity (Wildman–Crippen MR) is 117 cm³/mol. The molecule has 0 aliphatic carbocycles. The molecule has 8 heteroatoms. The van der Waals surface area contributed by atoms with E-state index in [1.54, 1.807) is 10.9 Å². The summed E-state index contributed by atoms with van der Waals surface area (Å²) in [7, 11) is -3.01. The third-order valence-electron chi connectivity index (χ3n) is 5.44. The molecular weight excluding hydrogens is 406 g/mol. The zero-order valence-corrected chi connectivity index (χ0v) is 18.3. The van der Waals surface area contributed by atoms with Crippen molar-refractivity contribution >= 4 is 32.5 Å². The van der Waals surface area contributed by atoms with Crippen molar-refractivity contribution in [2.75, 3.05) is 31.7 Å². The Morgan fingerprint density at radius 2 is 2.14 bits per heavy atom. The third-order valence-corrected chi connectivity index (χ3v) is 7.22. The highest BCUT2D eigenvalue weighted by Gasteiger charge is 2.20. The quantitative estimate of drug-likeness (QED) is 0.507. The summed E-state index contributed by atoms with van der Waals surface area (Å²) in [6.07, 6.45) is 5.35. The van der Waals surface area contributed by atoms with E-state index in [9.17, 15) is 8.76 Å². The van der Waals surface area contributed by atoms with Crippen LogP contribution in [-0.2, 0) is 27.5 Å². The largest absolute Gasteiger partial charge is 0.615 e. The van der Waals surface area contributed by atoms with E-state index in [1.165, 1.54) is 11.1 Å². The van der Waals surface area contributed by atoms with Crippen molar-refractivity contribution in [1.29, 1.82) is 0 Å². The van der Waals surface area contributed by atoms with Gasteiger partial charge in [0.05, 0.1) is 31.1 Å². The van der Waals surface area contributed by atoms with Crippen LogP contribution in [0.4, 0.5) is 0 Å². The number of likely N-dealkylation sites (tertiary alicyclic amines) is 1. The smallest absolute Gasteiger partial charge is 0.128 e. The van der Waals surface area contributed by atoms with Gasteiger partial charge in [-0.15, -0.1) is 15.5 Å². The molecule has 4 rings (SSSR count). The number of sulfone groups is 1. The highest BCUT2D eigenvalue weighted by Crippen LogP contribution is 2.24. The number of benzene rings is 1. The summed E-state index contributed by atoms with van der Waals surface area (Å²) in [5, 5.41) is 7.44. The fourth-order valence-electron chi connectivity index (χ4n) is 3.73. The fourth-order valence-corrected chi connectivity index (χ4v) is 4.98. The maximum absolute atomic E-state index is 11.4. The summed E-state index contributed by atoms with van der Waals surface area (Å²) in [6, 6.07) is 10.2. The molecule has 0 radical (unpaired) electrons. The summed E-state index contributed by atoms with van der Waals surface area (Å²) in [5.41, 5.74) is 0.933. The van der Waals surface area contributed by atoms with Gasteiger partial charge in [0.2, 0.25) is 0 Å². The Hall–Kier alpha value is -1.74. The number of rotatable bonds is 8. The summed E-state index contributed by atoms with van der Waals surface area (Å²) in [6.45, 7) is 4.41. The van der Waals surface area contributed by atoms with Crippen LogP contribution >= 0.6 is 11.3 Å². The Morgan fingerprint density at radius 3 is 2.86 bits per heavy atom. The maximum atomic E-state index is 11.4. The Bertz CT molecular complexity index is 972. The number of hydrogen-bond acceptors (Lipinski definition) is 6. The van der Waals surface area contributed by atoms with Crippen molar-refractivity contribution in [3.63, 3.8) is 0 Å². The number of aromatic nitrogens is 2. The third kappa shape index (κ3) is 5.66. The molecule has 1 fully saturated rings. The molecule has 1 aromatic carbocycles. The first kappa shape index (κ1) is 20.5. The summed E-state index contributed by atoms with van der Waals surface area (Å²) < 4.78 is 30.6. The lowest BCUT2D eigenvalue weighted by molar-refractivity contribution is 0.137. The van der Waals surface area contributed by atoms with Crippen molar-refractivity contribution in [3.8, 4) is 5.75 Å². The molecule has 3 aromatic rings. The molecule has 2 aromatic heterocycles. The van der Waals surface area contributed by atoms with Gasteiger partial charge in [0, 0.05) is 27.0 Å². The number of ether oxygens (including phenoxy) is 1. The summed E-state index contributed by atoms with van der Waals surface area (Å²) in [4.78, 5) is 3.96. The van der Waals surface area contributed by atoms with Gasteiger partial charge in [-0.1, -0.05) is 6.07 Å². The second-order valence-electron chi connectivity index (χ2n) is 7.83. The van der Waals surface area contributed by atoms with Crippen molar-refractivity contribution in [1.82, 2.24) is 14.7 Å². The maximum Gasteiger partial charge on any atom is 0.128 e. The van der Waals surface area contributed by atoms with Crippen LogP contribution in [0.2, 0.25) is 0 Å². The van der Waals surface area contributed by atoms with Crippen LogP contribution in [0.15, 0.2) is 41.9 Å². The van der Waals surface area contributed by atoms with Crippen LogP contribution in [0.1, 0.15) is 17.7 Å². The molecular formula is C21H27N3O3S2. The van der Waals surface area contributed by atoms with Gasteiger partial charge in [-0.05, 0) is 61.5 Å². The fraction of sp³-hybridized carbons (Fsp3) is 0.476. The molecule has 0 spiro atoms. The molecule has 0 N–H and O–H groups in total. The summed E-state index contributed by atoms with van der Waals surface area (Å²) >= 11 is 1.83. The molecule has 3 heterocycles. The van der Waals surface area contributed by atoms with E-state index in [2.05, 4.69) is 27.5 Å². The van der Waals surface area contributed by atoms with Crippen molar-refractivity contribution < 1.29 is 13.5 Å². The number of fused-ring (bicyclic) bond motifs is 1. The van der Waals surface area contributed by atoms with Crippen LogP contribution < -0.4 is 4.74 Å². The van der Waals surface area contributed by atoms with Crippen LogP contribution in [0, 0.1) is 5.92 Å². The van der Waals surface area contributed by atoms with Gasteiger partial charge in [0.25, 0.3) is 0 Å². The van der Waals surface area contributed by atoms with E-state index in [0.29, 0.717) is 12.5 Å². The minimum Gasteiger partial charge on any atom is -0.615 e. The Labute approximate surface area is 176 Å². The van der Waals surface area contributed by atoms with Gasteiger partial charge in [0.15, 0.2) is 0 Å². The van der Waals surface area contributed by atoms with Gasteiger partial charge in [-0.3, -0.25) is 9.58 Å². The van der Waals surface area contributed by atoms with Crippen LogP contribution in [-0.4, -0.2) is 50.9 Å². The van der Waals surface area contributed by atoms with E-state index in [-0.39, 0.29) is 5.75 Å². The van der Waals surface area contributed by atoms with Gasteiger partial charge in [-0.25, -0.2) is 0 Å². The zero-order chi connectivity index (χ0) is 20.3. The minimum atomic E-state index is -3.01. The Balaban J connectivity index is 1.27.